The second-order valence-corrected chi connectivity index (χ2v) is 8.81. The number of esters is 3. The van der Waals surface area contributed by atoms with Crippen molar-refractivity contribution in [3.63, 3.8) is 0 Å². The van der Waals surface area contributed by atoms with Crippen molar-refractivity contribution in [2.24, 2.45) is 5.11 Å². The van der Waals surface area contributed by atoms with Crippen molar-refractivity contribution < 1.29 is 70.3 Å². The van der Waals surface area contributed by atoms with Crippen molar-refractivity contribution in [1.29, 1.82) is 0 Å². The second kappa shape index (κ2) is 16.3. The summed E-state index contributed by atoms with van der Waals surface area (Å²) in [5, 5.41) is 3.49. The minimum absolute atomic E-state index is 0. The number of carbonyl (C=O) groups excluding carboxylic acids is 4. The molecule has 2 unspecified atom stereocenters. The predicted octanol–water partition coefficient (Wildman–Crippen LogP) is -0.802. The molecule has 1 radical (unpaired) electrons. The van der Waals surface area contributed by atoms with Crippen LogP contribution in [0.5, 0.6) is 0 Å². The van der Waals surface area contributed by atoms with Crippen LogP contribution in [0.2, 0.25) is 0 Å². The van der Waals surface area contributed by atoms with E-state index in [1.165, 1.54) is 0 Å². The van der Waals surface area contributed by atoms with Crippen LogP contribution < -0.4 is 0 Å². The van der Waals surface area contributed by atoms with Gasteiger partial charge in [0.1, 0.15) is 5.78 Å². The minimum atomic E-state index is -1.71. The third kappa shape index (κ3) is 11.2. The fourth-order valence-electron chi connectivity index (χ4n) is 4.14. The Labute approximate surface area is 238 Å². The molecule has 0 N–H and O–H groups in total. The summed E-state index contributed by atoms with van der Waals surface area (Å²) < 4.78 is 15.4. The predicted molar refractivity (Wildman–Crippen MR) is 121 cm³/mol. The summed E-state index contributed by atoms with van der Waals surface area (Å²) in [6.07, 6.45) is 1.71. The molecule has 4 bridgehead atoms. The quantitative estimate of drug-likeness (QED) is 0.110. The molecule has 14 nitrogen and oxygen atoms in total. The molecule has 0 saturated carbocycles. The number of hydrogen-bond donors (Lipinski definition) is 0. The number of rotatable bonds is 7. The van der Waals surface area contributed by atoms with E-state index in [0.29, 0.717) is 78.2 Å². The summed E-state index contributed by atoms with van der Waals surface area (Å²) in [6.45, 7) is 3.03. The average molecular weight is 672 g/mol. The maximum absolute atomic E-state index is 12.6. The van der Waals surface area contributed by atoms with E-state index in [4.69, 9.17) is 19.7 Å². The number of ether oxygens (including phenoxy) is 3. The first-order valence-electron chi connectivity index (χ1n) is 11.9. The van der Waals surface area contributed by atoms with Crippen LogP contribution in [0.1, 0.15) is 19.3 Å². The monoisotopic (exact) mass is 672 g/mol. The molecule has 15 heteroatoms. The molecule has 3 aliphatic heterocycles. The van der Waals surface area contributed by atoms with Gasteiger partial charge in [-0.2, -0.15) is 0 Å². The Bertz CT molecular complexity index is 790. The van der Waals surface area contributed by atoms with Crippen LogP contribution in [-0.2, 0) is 33.4 Å². The Kier molecular flexibility index (Phi) is 13.9. The van der Waals surface area contributed by atoms with Gasteiger partial charge in [0.2, 0.25) is 0 Å². The number of ketones is 1. The molecule has 3 rings (SSSR count). The number of hydrogen-bond acceptors (Lipinski definition) is 12. The average Bonchev–Trinajstić information content (AvgIpc) is 2.83. The van der Waals surface area contributed by atoms with Crippen molar-refractivity contribution in [2.75, 3.05) is 85.1 Å². The van der Waals surface area contributed by atoms with E-state index in [2.05, 4.69) is 10.0 Å². The van der Waals surface area contributed by atoms with Crippen LogP contribution in [0, 0.1) is 36.9 Å². The zero-order valence-corrected chi connectivity index (χ0v) is 21.8. The van der Waals surface area contributed by atoms with Gasteiger partial charge in [-0.15, -0.1) is 0 Å². The molecule has 3 fully saturated rings. The van der Waals surface area contributed by atoms with Crippen molar-refractivity contribution in [3.05, 3.63) is 10.4 Å². The number of azide groups is 1. The summed E-state index contributed by atoms with van der Waals surface area (Å²) in [5.41, 5.74) is 8.34. The third-order valence-electron chi connectivity index (χ3n) is 6.10. The van der Waals surface area contributed by atoms with Gasteiger partial charge in [0.25, 0.3) is 0 Å². The van der Waals surface area contributed by atoms with Crippen LogP contribution in [0.15, 0.2) is 5.11 Å². The Morgan fingerprint density at radius 1 is 0.806 bits per heavy atom. The van der Waals surface area contributed by atoms with Gasteiger partial charge in [0.05, 0.1) is 26.2 Å². The maximum atomic E-state index is 12.6. The van der Waals surface area contributed by atoms with Crippen LogP contribution in [0.3, 0.4) is 0 Å². The van der Waals surface area contributed by atoms with Crippen molar-refractivity contribution >= 4 is 23.7 Å². The maximum Gasteiger partial charge on any atom is 0.412 e. The smallest absolute Gasteiger partial charge is 0.389 e. The number of fused-ring (bicyclic) bond motifs is 7. The molecule has 3 heterocycles. The van der Waals surface area contributed by atoms with E-state index in [9.17, 15) is 19.2 Å². The molecule has 0 spiro atoms. The van der Waals surface area contributed by atoms with Crippen molar-refractivity contribution in [3.8, 4) is 0 Å². The summed E-state index contributed by atoms with van der Waals surface area (Å²) >= 11 is 0. The van der Waals surface area contributed by atoms with Crippen LogP contribution >= 0.6 is 0 Å². The number of nitrogens with zero attached hydrogens (tertiary/aromatic N) is 7. The Hall–Kier alpha value is -1.54. The number of Topliss-reactive ketones (excluding diaryl/α,β-unsaturated/α-hetero) is 1. The van der Waals surface area contributed by atoms with Gasteiger partial charge in [0.15, 0.2) is 0 Å². The molecular weight excluding hydrogens is 639 g/mol. The second-order valence-electron chi connectivity index (χ2n) is 8.81. The fourth-order valence-corrected chi connectivity index (χ4v) is 4.14. The van der Waals surface area contributed by atoms with Crippen molar-refractivity contribution in [2.45, 2.75) is 25.7 Å². The summed E-state index contributed by atoms with van der Waals surface area (Å²) in [7, 11) is 0. The zero-order valence-electron chi connectivity index (χ0n) is 20.1. The van der Waals surface area contributed by atoms with Gasteiger partial charge in [-0.05, 0) is 18.4 Å². The standard InChI is InChI=1S/C21H33N7O7.Lu/c22-24-23-4-2-1-3-17(29)13-25-5-7-26-9-11-28-12-10-27(8-6-25)15-19(31)34-21(33-18(30)14-26)35-20(32)16-28;/h21H,1-16H2;/i;1+2. The molecule has 0 aromatic rings. The first-order valence-corrected chi connectivity index (χ1v) is 11.9. The van der Waals surface area contributed by atoms with Gasteiger partial charge >= 0.3 is 24.4 Å². The number of unbranched alkanes of at least 4 members (excludes halogenated alkanes) is 1. The summed E-state index contributed by atoms with van der Waals surface area (Å²) in [6, 6.07) is 0. The summed E-state index contributed by atoms with van der Waals surface area (Å²) in [4.78, 5) is 60.4. The molecule has 36 heavy (non-hydrogen) atoms. The topological polar surface area (TPSA) is 158 Å². The molecule has 209 valence electrons. The van der Waals surface area contributed by atoms with Gasteiger partial charge in [-0.3, -0.25) is 38.8 Å². The normalized spacial score (nSPS) is 27.9. The van der Waals surface area contributed by atoms with E-state index in [-0.39, 0.29) is 68.8 Å². The molecule has 3 aliphatic rings. The minimum Gasteiger partial charge on any atom is -0.389 e. The Morgan fingerprint density at radius 3 is 1.69 bits per heavy atom. The van der Waals surface area contributed by atoms with Crippen LogP contribution in [-0.4, -0.2) is 135 Å². The molecule has 0 aliphatic carbocycles. The van der Waals surface area contributed by atoms with Crippen LogP contribution in [0.25, 0.3) is 10.4 Å². The largest absolute Gasteiger partial charge is 0.412 e. The van der Waals surface area contributed by atoms with E-state index < -0.39 is 24.4 Å². The SMILES string of the molecule is [177Lu].[N-]=[N+]=NCCCCC(=O)CN1CCN2CCN3CCN(CC1)CC(=O)OC(OC(=O)C2)OC(=O)C3. The van der Waals surface area contributed by atoms with Gasteiger partial charge < -0.3 is 14.2 Å². The van der Waals surface area contributed by atoms with E-state index >= 15 is 0 Å². The molecule has 0 aromatic carbocycles. The molecule has 2 atom stereocenters. The zero-order chi connectivity index (χ0) is 25.0. The van der Waals surface area contributed by atoms with E-state index in [1.54, 1.807) is 0 Å². The molecule has 0 aromatic heterocycles. The molecular formula is C21H33LuN7O7. The van der Waals surface area contributed by atoms with Crippen LogP contribution in [0.4, 0.5) is 0 Å². The van der Waals surface area contributed by atoms with Gasteiger partial charge in [-0.1, -0.05) is 5.11 Å². The van der Waals surface area contributed by atoms with E-state index in [1.807, 2.05) is 19.6 Å². The van der Waals surface area contributed by atoms with E-state index in [0.717, 1.165) is 0 Å². The molecule has 0 amide bonds. The first kappa shape index (κ1) is 30.7. The Balaban J connectivity index is 0.00000456. The fraction of sp³-hybridized carbons (Fsp3) is 0.810. The third-order valence-corrected chi connectivity index (χ3v) is 6.10. The number of carbonyl (C=O) groups is 4. The summed E-state index contributed by atoms with van der Waals surface area (Å²) in [5.74, 6) is -1.88. The van der Waals surface area contributed by atoms with Gasteiger partial charge in [-0.25, -0.2) is 0 Å². The first-order chi connectivity index (χ1) is 16.9. The van der Waals surface area contributed by atoms with Gasteiger partial charge in [0, 0.05) is 107 Å². The Morgan fingerprint density at radius 2 is 1.25 bits per heavy atom. The molecule has 3 saturated heterocycles. The van der Waals surface area contributed by atoms with Crippen molar-refractivity contribution in [1.82, 2.24) is 19.6 Å².